The molecule has 0 aromatic heterocycles. The molecule has 2 aliphatic rings. The molecule has 1 aromatic carbocycles. The highest BCUT2D eigenvalue weighted by Crippen LogP contribution is 2.26. The van der Waals surface area contributed by atoms with Gasteiger partial charge in [0.25, 0.3) is 0 Å². The molecule has 2 fully saturated rings. The number of nitrogens with zero attached hydrogens (tertiary/aromatic N) is 1. The summed E-state index contributed by atoms with van der Waals surface area (Å²) in [4.78, 5) is 0. The molecule has 128 valence electrons. The van der Waals surface area contributed by atoms with Crippen LogP contribution in [0.15, 0.2) is 24.3 Å². The maximum Gasteiger partial charge on any atom is 0.214 e. The molecular formula is C17H24FNO3S. The maximum absolute atomic E-state index is 12.9. The molecule has 0 aliphatic carbocycles. The van der Waals surface area contributed by atoms with Gasteiger partial charge in [0.05, 0.1) is 5.75 Å². The molecule has 0 unspecified atom stereocenters. The normalized spacial score (nSPS) is 24.1. The van der Waals surface area contributed by atoms with Gasteiger partial charge in [-0.05, 0) is 55.2 Å². The van der Waals surface area contributed by atoms with Gasteiger partial charge in [-0.2, -0.15) is 0 Å². The number of hydrogen-bond donors (Lipinski definition) is 0. The summed E-state index contributed by atoms with van der Waals surface area (Å²) < 4.78 is 45.0. The number of benzene rings is 1. The quantitative estimate of drug-likeness (QED) is 0.826. The Kier molecular flexibility index (Phi) is 5.34. The number of halogens is 1. The summed E-state index contributed by atoms with van der Waals surface area (Å²) in [5, 5.41) is 0. The first-order chi connectivity index (χ1) is 11.0. The van der Waals surface area contributed by atoms with Crippen molar-refractivity contribution in [3.63, 3.8) is 0 Å². The van der Waals surface area contributed by atoms with E-state index in [1.165, 1.54) is 12.1 Å². The van der Waals surface area contributed by atoms with Gasteiger partial charge < -0.3 is 4.74 Å². The van der Waals surface area contributed by atoms with E-state index in [0.717, 1.165) is 31.2 Å². The van der Waals surface area contributed by atoms with Crippen LogP contribution in [0, 0.1) is 17.7 Å². The minimum atomic E-state index is -3.17. The highest BCUT2D eigenvalue weighted by molar-refractivity contribution is 7.89. The molecular weight excluding hydrogens is 317 g/mol. The molecule has 3 rings (SSSR count). The van der Waals surface area contributed by atoms with Crippen LogP contribution in [0.25, 0.3) is 0 Å². The molecule has 2 heterocycles. The highest BCUT2D eigenvalue weighted by Gasteiger charge is 2.33. The first-order valence-electron chi connectivity index (χ1n) is 8.33. The lowest BCUT2D eigenvalue weighted by molar-refractivity contribution is 0.0721. The van der Waals surface area contributed by atoms with Gasteiger partial charge in [-0.3, -0.25) is 0 Å². The fourth-order valence-electron chi connectivity index (χ4n) is 3.49. The minimum Gasteiger partial charge on any atom is -0.381 e. The van der Waals surface area contributed by atoms with E-state index < -0.39 is 10.0 Å². The van der Waals surface area contributed by atoms with Crippen molar-refractivity contribution in [1.29, 1.82) is 0 Å². The minimum absolute atomic E-state index is 0.227. The lowest BCUT2D eigenvalue weighted by Gasteiger charge is -2.24. The van der Waals surface area contributed by atoms with Crippen molar-refractivity contribution in [2.75, 3.05) is 32.1 Å². The zero-order chi connectivity index (χ0) is 16.3. The van der Waals surface area contributed by atoms with Gasteiger partial charge in [-0.15, -0.1) is 0 Å². The van der Waals surface area contributed by atoms with E-state index >= 15 is 0 Å². The SMILES string of the molecule is O=S(=O)(CC1CCOCC1)N1CC[C@H](Cc2ccc(F)cc2)C1. The lowest BCUT2D eigenvalue weighted by Crippen LogP contribution is -2.35. The summed E-state index contributed by atoms with van der Waals surface area (Å²) in [7, 11) is -3.17. The Bertz CT molecular complexity index is 611. The van der Waals surface area contributed by atoms with Crippen molar-refractivity contribution in [3.8, 4) is 0 Å². The Morgan fingerprint density at radius 2 is 1.78 bits per heavy atom. The Morgan fingerprint density at radius 3 is 2.48 bits per heavy atom. The smallest absolute Gasteiger partial charge is 0.214 e. The van der Waals surface area contributed by atoms with Crippen LogP contribution < -0.4 is 0 Å². The molecule has 1 atom stereocenters. The standard InChI is InChI=1S/C17H24FNO3S/c18-17-3-1-14(2-4-17)11-16-5-8-19(12-16)23(20,21)13-15-6-9-22-10-7-15/h1-4,15-16H,5-13H2/t16-/m1/s1. The van der Waals surface area contributed by atoms with Crippen molar-refractivity contribution in [2.24, 2.45) is 11.8 Å². The second kappa shape index (κ2) is 7.28. The van der Waals surface area contributed by atoms with E-state index in [9.17, 15) is 12.8 Å². The molecule has 6 heteroatoms. The van der Waals surface area contributed by atoms with Gasteiger partial charge >= 0.3 is 0 Å². The fourth-order valence-corrected chi connectivity index (χ4v) is 5.45. The molecule has 1 aromatic rings. The van der Waals surface area contributed by atoms with Crippen molar-refractivity contribution < 1.29 is 17.5 Å². The second-order valence-corrected chi connectivity index (χ2v) is 8.69. The number of rotatable bonds is 5. The molecule has 0 spiro atoms. The van der Waals surface area contributed by atoms with E-state index in [1.54, 1.807) is 16.4 Å². The van der Waals surface area contributed by atoms with Gasteiger partial charge in [0.15, 0.2) is 0 Å². The summed E-state index contributed by atoms with van der Waals surface area (Å²) in [6, 6.07) is 6.50. The molecule has 0 saturated carbocycles. The van der Waals surface area contributed by atoms with E-state index in [0.29, 0.717) is 32.2 Å². The van der Waals surface area contributed by atoms with Crippen molar-refractivity contribution in [1.82, 2.24) is 4.31 Å². The van der Waals surface area contributed by atoms with Crippen molar-refractivity contribution >= 4 is 10.0 Å². The zero-order valence-corrected chi connectivity index (χ0v) is 14.1. The Hall–Kier alpha value is -0.980. The van der Waals surface area contributed by atoms with Crippen LogP contribution in [0.5, 0.6) is 0 Å². The Morgan fingerprint density at radius 1 is 1.09 bits per heavy atom. The lowest BCUT2D eigenvalue weighted by atomic mass is 9.99. The average molecular weight is 341 g/mol. The fraction of sp³-hybridized carbons (Fsp3) is 0.647. The first-order valence-corrected chi connectivity index (χ1v) is 9.94. The number of ether oxygens (including phenoxy) is 1. The van der Waals surface area contributed by atoms with Crippen LogP contribution in [0.1, 0.15) is 24.8 Å². The Balaban J connectivity index is 1.54. The molecule has 0 bridgehead atoms. The van der Waals surface area contributed by atoms with Crippen LogP contribution in [0.3, 0.4) is 0 Å². The predicted octanol–water partition coefficient (Wildman–Crippen LogP) is 2.45. The summed E-state index contributed by atoms with van der Waals surface area (Å²) in [5.41, 5.74) is 1.07. The van der Waals surface area contributed by atoms with Crippen LogP contribution in [-0.2, 0) is 21.2 Å². The average Bonchev–Trinajstić information content (AvgIpc) is 3.00. The molecule has 2 aliphatic heterocycles. The molecule has 0 amide bonds. The third-order valence-corrected chi connectivity index (χ3v) is 6.88. The summed E-state index contributed by atoms with van der Waals surface area (Å²) >= 11 is 0. The monoisotopic (exact) mass is 341 g/mol. The van der Waals surface area contributed by atoms with Gasteiger partial charge in [-0.1, -0.05) is 12.1 Å². The molecule has 2 saturated heterocycles. The number of hydrogen-bond acceptors (Lipinski definition) is 3. The zero-order valence-electron chi connectivity index (χ0n) is 13.3. The first kappa shape index (κ1) is 16.9. The van der Waals surface area contributed by atoms with Crippen molar-refractivity contribution in [2.45, 2.75) is 25.7 Å². The van der Waals surface area contributed by atoms with Gasteiger partial charge in [0, 0.05) is 26.3 Å². The van der Waals surface area contributed by atoms with Crippen LogP contribution >= 0.6 is 0 Å². The van der Waals surface area contributed by atoms with Gasteiger partial charge in [-0.25, -0.2) is 17.1 Å². The third-order valence-electron chi connectivity index (χ3n) is 4.87. The topological polar surface area (TPSA) is 46.6 Å². The number of sulfonamides is 1. The molecule has 4 nitrogen and oxygen atoms in total. The summed E-state index contributed by atoms with van der Waals surface area (Å²) in [6.45, 7) is 2.54. The van der Waals surface area contributed by atoms with Crippen LogP contribution in [-0.4, -0.2) is 44.8 Å². The van der Waals surface area contributed by atoms with Crippen LogP contribution in [0.4, 0.5) is 4.39 Å². The van der Waals surface area contributed by atoms with E-state index in [2.05, 4.69) is 0 Å². The third kappa shape index (κ3) is 4.52. The van der Waals surface area contributed by atoms with E-state index in [4.69, 9.17) is 4.74 Å². The highest BCUT2D eigenvalue weighted by atomic mass is 32.2. The Labute approximate surface area is 137 Å². The van der Waals surface area contributed by atoms with Gasteiger partial charge in [0.1, 0.15) is 5.82 Å². The summed E-state index contributed by atoms with van der Waals surface area (Å²) in [5.74, 6) is 0.565. The summed E-state index contributed by atoms with van der Waals surface area (Å²) in [6.07, 6.45) is 3.37. The second-order valence-electron chi connectivity index (χ2n) is 6.68. The van der Waals surface area contributed by atoms with E-state index in [1.807, 2.05) is 0 Å². The predicted molar refractivity (Wildman–Crippen MR) is 87.1 cm³/mol. The molecule has 0 radical (unpaired) electrons. The van der Waals surface area contributed by atoms with Crippen LogP contribution in [0.2, 0.25) is 0 Å². The largest absolute Gasteiger partial charge is 0.381 e. The van der Waals surface area contributed by atoms with Crippen molar-refractivity contribution in [3.05, 3.63) is 35.6 Å². The van der Waals surface area contributed by atoms with Gasteiger partial charge in [0.2, 0.25) is 10.0 Å². The molecule has 0 N–H and O–H groups in total. The van der Waals surface area contributed by atoms with E-state index in [-0.39, 0.29) is 17.5 Å². The molecule has 23 heavy (non-hydrogen) atoms. The maximum atomic E-state index is 12.9.